The van der Waals surface area contributed by atoms with Gasteiger partial charge in [0.1, 0.15) is 5.75 Å². The van der Waals surface area contributed by atoms with Gasteiger partial charge in [0.15, 0.2) is 5.82 Å². The summed E-state index contributed by atoms with van der Waals surface area (Å²) >= 11 is 6.01. The predicted octanol–water partition coefficient (Wildman–Crippen LogP) is 3.11. The second kappa shape index (κ2) is 6.76. The normalized spacial score (nSPS) is 16.5. The molecular weight excluding hydrogens is 316 g/mol. The topological polar surface area (TPSA) is 86.2 Å². The molecule has 0 amide bonds. The molecule has 3 N–H and O–H groups in total. The molecule has 23 heavy (non-hydrogen) atoms. The molecule has 0 atom stereocenters. The minimum absolute atomic E-state index is 0.411. The van der Waals surface area contributed by atoms with Crippen molar-refractivity contribution in [2.75, 3.05) is 19.0 Å². The summed E-state index contributed by atoms with van der Waals surface area (Å²) in [5, 5.41) is 7.98. The van der Waals surface area contributed by atoms with Crippen molar-refractivity contribution in [3.63, 3.8) is 0 Å². The van der Waals surface area contributed by atoms with Gasteiger partial charge in [0, 0.05) is 18.0 Å². The molecule has 3 rings (SSSR count). The standard InChI is InChI=1S/C16H21ClN4O2/c1-22-13-5-4-11(17)10-12(13)19-9-6-14-20-15(21-23-14)16(18)7-2-3-8-16/h4-5,10,19H,2-3,6-9,18H2,1H3. The second-order valence-electron chi connectivity index (χ2n) is 5.90. The number of anilines is 1. The maximum absolute atomic E-state index is 6.34. The van der Waals surface area contributed by atoms with E-state index < -0.39 is 5.54 Å². The van der Waals surface area contributed by atoms with Crippen LogP contribution in [-0.2, 0) is 12.0 Å². The van der Waals surface area contributed by atoms with Gasteiger partial charge in [-0.05, 0) is 31.0 Å². The highest BCUT2D eigenvalue weighted by Gasteiger charge is 2.35. The van der Waals surface area contributed by atoms with E-state index in [0.29, 0.717) is 29.7 Å². The van der Waals surface area contributed by atoms with Gasteiger partial charge in [0.2, 0.25) is 5.89 Å². The van der Waals surface area contributed by atoms with Crippen molar-refractivity contribution in [2.45, 2.75) is 37.6 Å². The summed E-state index contributed by atoms with van der Waals surface area (Å²) in [6, 6.07) is 5.44. The van der Waals surface area contributed by atoms with E-state index in [4.69, 9.17) is 26.6 Å². The Hall–Kier alpha value is -1.79. The summed E-state index contributed by atoms with van der Waals surface area (Å²) in [6.07, 6.45) is 4.69. The lowest BCUT2D eigenvalue weighted by atomic mass is 9.99. The summed E-state index contributed by atoms with van der Waals surface area (Å²) in [6.45, 7) is 0.635. The van der Waals surface area contributed by atoms with Crippen LogP contribution in [0.3, 0.4) is 0 Å². The van der Waals surface area contributed by atoms with Gasteiger partial charge < -0.3 is 20.3 Å². The second-order valence-corrected chi connectivity index (χ2v) is 6.33. The van der Waals surface area contributed by atoms with Crippen LogP contribution < -0.4 is 15.8 Å². The molecular formula is C16H21ClN4O2. The van der Waals surface area contributed by atoms with Gasteiger partial charge in [-0.25, -0.2) is 0 Å². The van der Waals surface area contributed by atoms with E-state index in [-0.39, 0.29) is 0 Å². The number of halogens is 1. The number of rotatable bonds is 6. The van der Waals surface area contributed by atoms with E-state index in [1.165, 1.54) is 0 Å². The quantitative estimate of drug-likeness (QED) is 0.843. The SMILES string of the molecule is COc1ccc(Cl)cc1NCCc1nc(C2(N)CCCC2)no1. The summed E-state index contributed by atoms with van der Waals surface area (Å²) in [4.78, 5) is 4.46. The Bertz CT molecular complexity index is 668. The van der Waals surface area contributed by atoms with E-state index in [2.05, 4.69) is 15.5 Å². The maximum atomic E-state index is 6.34. The average molecular weight is 337 g/mol. The number of aromatic nitrogens is 2. The van der Waals surface area contributed by atoms with Crippen LogP contribution >= 0.6 is 11.6 Å². The number of benzene rings is 1. The molecule has 0 radical (unpaired) electrons. The molecule has 1 aliphatic carbocycles. The largest absolute Gasteiger partial charge is 0.495 e. The Labute approximate surface area is 140 Å². The average Bonchev–Trinajstić information content (AvgIpc) is 3.18. The van der Waals surface area contributed by atoms with Crippen molar-refractivity contribution in [3.8, 4) is 5.75 Å². The molecule has 2 aromatic rings. The van der Waals surface area contributed by atoms with Crippen LogP contribution in [-0.4, -0.2) is 23.8 Å². The van der Waals surface area contributed by atoms with Crippen LogP contribution in [0.4, 0.5) is 5.69 Å². The summed E-state index contributed by atoms with van der Waals surface area (Å²) in [7, 11) is 1.63. The predicted molar refractivity (Wildman–Crippen MR) is 88.8 cm³/mol. The fourth-order valence-corrected chi connectivity index (χ4v) is 3.08. The molecule has 1 aliphatic rings. The highest BCUT2D eigenvalue weighted by Crippen LogP contribution is 2.34. The first-order valence-corrected chi connectivity index (χ1v) is 8.18. The lowest BCUT2D eigenvalue weighted by Crippen LogP contribution is -2.34. The highest BCUT2D eigenvalue weighted by molar-refractivity contribution is 6.30. The third-order valence-corrected chi connectivity index (χ3v) is 4.46. The fraction of sp³-hybridized carbons (Fsp3) is 0.500. The third-order valence-electron chi connectivity index (χ3n) is 4.23. The van der Waals surface area contributed by atoms with Crippen LogP contribution in [0.2, 0.25) is 5.02 Å². The minimum Gasteiger partial charge on any atom is -0.495 e. The van der Waals surface area contributed by atoms with Crippen molar-refractivity contribution in [2.24, 2.45) is 5.73 Å². The van der Waals surface area contributed by atoms with Crippen LogP contribution in [0.1, 0.15) is 37.4 Å². The number of ether oxygens (including phenoxy) is 1. The van der Waals surface area contributed by atoms with E-state index in [1.807, 2.05) is 12.1 Å². The number of methoxy groups -OCH3 is 1. The van der Waals surface area contributed by atoms with Gasteiger partial charge in [-0.1, -0.05) is 29.6 Å². The Morgan fingerprint density at radius 1 is 1.39 bits per heavy atom. The zero-order valence-electron chi connectivity index (χ0n) is 13.1. The first-order valence-electron chi connectivity index (χ1n) is 7.80. The van der Waals surface area contributed by atoms with Gasteiger partial charge in [-0.2, -0.15) is 4.98 Å². The van der Waals surface area contributed by atoms with Gasteiger partial charge in [0.25, 0.3) is 0 Å². The van der Waals surface area contributed by atoms with Gasteiger partial charge in [-0.15, -0.1) is 0 Å². The van der Waals surface area contributed by atoms with Gasteiger partial charge in [-0.3, -0.25) is 0 Å². The van der Waals surface area contributed by atoms with Crippen LogP contribution in [0.25, 0.3) is 0 Å². The van der Waals surface area contributed by atoms with E-state index >= 15 is 0 Å². The Kier molecular flexibility index (Phi) is 4.73. The van der Waals surface area contributed by atoms with Crippen molar-refractivity contribution < 1.29 is 9.26 Å². The van der Waals surface area contributed by atoms with E-state index in [1.54, 1.807) is 13.2 Å². The molecule has 124 valence electrons. The molecule has 6 nitrogen and oxygen atoms in total. The Morgan fingerprint density at radius 2 is 2.17 bits per heavy atom. The van der Waals surface area contributed by atoms with Crippen molar-refractivity contribution in [3.05, 3.63) is 34.9 Å². The molecule has 7 heteroatoms. The lowest BCUT2D eigenvalue weighted by Gasteiger charge is -2.17. The molecule has 1 aromatic carbocycles. The minimum atomic E-state index is -0.411. The summed E-state index contributed by atoms with van der Waals surface area (Å²) in [5.74, 6) is 1.96. The molecule has 0 bridgehead atoms. The number of nitrogens with zero attached hydrogens (tertiary/aromatic N) is 2. The fourth-order valence-electron chi connectivity index (χ4n) is 2.91. The first-order chi connectivity index (χ1) is 11.1. The van der Waals surface area contributed by atoms with E-state index in [0.717, 1.165) is 37.1 Å². The van der Waals surface area contributed by atoms with Gasteiger partial charge >= 0.3 is 0 Å². The number of hydrogen-bond donors (Lipinski definition) is 2. The molecule has 0 spiro atoms. The number of nitrogens with two attached hydrogens (primary N) is 1. The zero-order chi connectivity index (χ0) is 16.3. The monoisotopic (exact) mass is 336 g/mol. The molecule has 1 saturated carbocycles. The van der Waals surface area contributed by atoms with Crippen molar-refractivity contribution in [1.29, 1.82) is 0 Å². The van der Waals surface area contributed by atoms with E-state index in [9.17, 15) is 0 Å². The Morgan fingerprint density at radius 3 is 2.91 bits per heavy atom. The van der Waals surface area contributed by atoms with Crippen molar-refractivity contribution >= 4 is 17.3 Å². The molecule has 1 fully saturated rings. The molecule has 0 aliphatic heterocycles. The molecule has 0 saturated heterocycles. The van der Waals surface area contributed by atoms with Crippen LogP contribution in [0.15, 0.2) is 22.7 Å². The Balaban J connectivity index is 1.59. The summed E-state index contributed by atoms with van der Waals surface area (Å²) < 4.78 is 10.6. The highest BCUT2D eigenvalue weighted by atomic mass is 35.5. The smallest absolute Gasteiger partial charge is 0.228 e. The summed E-state index contributed by atoms with van der Waals surface area (Å²) in [5.41, 5.74) is 6.76. The first kappa shape index (κ1) is 16.1. The maximum Gasteiger partial charge on any atom is 0.228 e. The third kappa shape index (κ3) is 3.59. The molecule has 1 heterocycles. The van der Waals surface area contributed by atoms with Crippen molar-refractivity contribution in [1.82, 2.24) is 10.1 Å². The molecule has 1 aromatic heterocycles. The van der Waals surface area contributed by atoms with Crippen LogP contribution in [0.5, 0.6) is 5.75 Å². The van der Waals surface area contributed by atoms with Gasteiger partial charge in [0.05, 0.1) is 18.3 Å². The molecule has 0 unspecified atom stereocenters. The zero-order valence-corrected chi connectivity index (χ0v) is 13.9. The van der Waals surface area contributed by atoms with Crippen LogP contribution in [0, 0.1) is 0 Å². The number of hydrogen-bond acceptors (Lipinski definition) is 6. The number of nitrogens with one attached hydrogen (secondary N) is 1. The lowest BCUT2D eigenvalue weighted by molar-refractivity contribution is 0.350.